The van der Waals surface area contributed by atoms with Gasteiger partial charge in [0.1, 0.15) is 30.3 Å². The van der Waals surface area contributed by atoms with Gasteiger partial charge >= 0.3 is 12.1 Å². The van der Waals surface area contributed by atoms with Gasteiger partial charge in [-0.2, -0.15) is 0 Å². The third-order valence-electron chi connectivity index (χ3n) is 7.79. The maximum Gasteiger partial charge on any atom is 0.411 e. The standard InChI is InChI=1S/C31H39N3O7S2Si/c1-7-14-39-29(37)26-21(19-43-28-25(27(36)34(26)28)33-24(35)16-23-9-8-15-42-23)18-40-30(38)32-22-12-10-20(11-13-22)17-41-44(5,6)31(2,3)4/h7-13,15,25,28H,1,14,16-19H2,2-6H3,(H,32,38)(H,33,35)/t25-,28-/m1/s1. The van der Waals surface area contributed by atoms with Crippen molar-refractivity contribution in [2.75, 3.05) is 24.3 Å². The number of benzene rings is 1. The molecular formula is C31H39N3O7S2Si. The fourth-order valence-electron chi connectivity index (χ4n) is 4.25. The molecule has 10 nitrogen and oxygen atoms in total. The Morgan fingerprint density at radius 2 is 1.84 bits per heavy atom. The summed E-state index contributed by atoms with van der Waals surface area (Å²) in [6.07, 6.45) is 0.889. The zero-order valence-corrected chi connectivity index (χ0v) is 28.3. The first-order valence-electron chi connectivity index (χ1n) is 14.2. The van der Waals surface area contributed by atoms with Crippen molar-refractivity contribution in [1.82, 2.24) is 10.2 Å². The molecule has 1 saturated heterocycles. The highest BCUT2D eigenvalue weighted by Gasteiger charge is 2.54. The number of esters is 1. The molecule has 0 saturated carbocycles. The molecule has 0 radical (unpaired) electrons. The third-order valence-corrected chi connectivity index (χ3v) is 14.5. The molecule has 44 heavy (non-hydrogen) atoms. The van der Waals surface area contributed by atoms with Crippen molar-refractivity contribution < 1.29 is 33.1 Å². The number of thiophene rings is 1. The molecule has 3 amide bonds. The summed E-state index contributed by atoms with van der Waals surface area (Å²) in [5.41, 5.74) is 2.01. The molecule has 236 valence electrons. The first kappa shape index (κ1) is 33.5. The molecule has 2 aliphatic heterocycles. The van der Waals surface area contributed by atoms with Crippen LogP contribution in [0.5, 0.6) is 0 Å². The van der Waals surface area contributed by atoms with Gasteiger partial charge < -0.3 is 19.2 Å². The number of nitrogens with zero attached hydrogens (tertiary/aromatic N) is 1. The first-order valence-corrected chi connectivity index (χ1v) is 19.1. The van der Waals surface area contributed by atoms with Crippen LogP contribution in [0.25, 0.3) is 0 Å². The Balaban J connectivity index is 1.36. The van der Waals surface area contributed by atoms with E-state index < -0.39 is 37.7 Å². The lowest BCUT2D eigenvalue weighted by atomic mass is 10.0. The number of hydrogen-bond donors (Lipinski definition) is 2. The lowest BCUT2D eigenvalue weighted by Gasteiger charge is -2.49. The number of anilines is 1. The number of carbonyl (C=O) groups excluding carboxylic acids is 4. The van der Waals surface area contributed by atoms with Crippen molar-refractivity contribution in [2.24, 2.45) is 0 Å². The Morgan fingerprint density at radius 3 is 2.48 bits per heavy atom. The molecular weight excluding hydrogens is 619 g/mol. The van der Waals surface area contributed by atoms with Crippen LogP contribution >= 0.6 is 23.1 Å². The fraction of sp³-hybridized carbons (Fsp3) is 0.419. The summed E-state index contributed by atoms with van der Waals surface area (Å²) in [6, 6.07) is 10.3. The number of ether oxygens (including phenoxy) is 2. The van der Waals surface area contributed by atoms with E-state index in [1.54, 1.807) is 12.1 Å². The normalized spacial score (nSPS) is 18.2. The van der Waals surface area contributed by atoms with E-state index in [0.717, 1.165) is 10.4 Å². The molecule has 0 bridgehead atoms. The maximum absolute atomic E-state index is 13.1. The summed E-state index contributed by atoms with van der Waals surface area (Å²) in [4.78, 5) is 53.5. The van der Waals surface area contributed by atoms with E-state index in [1.807, 2.05) is 29.6 Å². The molecule has 13 heteroatoms. The number of nitrogens with one attached hydrogen (secondary N) is 2. The van der Waals surface area contributed by atoms with E-state index in [4.69, 9.17) is 13.9 Å². The summed E-state index contributed by atoms with van der Waals surface area (Å²) in [7, 11) is -1.89. The molecule has 4 rings (SSSR count). The number of hydrogen-bond acceptors (Lipinski definition) is 9. The SMILES string of the molecule is C=CCOC(=O)C1=C(COC(=O)Nc2ccc(CO[Si](C)(C)C(C)(C)C)cc2)CS[C@@H]2[C@H](NC(=O)Cc3cccs3)C(=O)N12. The van der Waals surface area contributed by atoms with Crippen molar-refractivity contribution in [1.29, 1.82) is 0 Å². The second kappa shape index (κ2) is 14.1. The molecule has 2 aromatic rings. The minimum Gasteiger partial charge on any atom is -0.457 e. The van der Waals surface area contributed by atoms with Crippen LogP contribution in [0.4, 0.5) is 10.5 Å². The van der Waals surface area contributed by atoms with Crippen molar-refractivity contribution in [3.8, 4) is 0 Å². The van der Waals surface area contributed by atoms with Gasteiger partial charge in [0.05, 0.1) is 13.0 Å². The van der Waals surface area contributed by atoms with E-state index in [9.17, 15) is 19.2 Å². The lowest BCUT2D eigenvalue weighted by molar-refractivity contribution is -0.152. The van der Waals surface area contributed by atoms with Crippen molar-refractivity contribution >= 4 is 61.0 Å². The van der Waals surface area contributed by atoms with E-state index in [2.05, 4.69) is 51.1 Å². The van der Waals surface area contributed by atoms with Crippen LogP contribution in [0.3, 0.4) is 0 Å². The van der Waals surface area contributed by atoms with Gasteiger partial charge in [-0.15, -0.1) is 23.1 Å². The quantitative estimate of drug-likeness (QED) is 0.134. The largest absolute Gasteiger partial charge is 0.457 e. The summed E-state index contributed by atoms with van der Waals surface area (Å²) >= 11 is 2.84. The zero-order chi connectivity index (χ0) is 32.1. The number of fused-ring (bicyclic) bond motifs is 1. The van der Waals surface area contributed by atoms with Crippen LogP contribution in [-0.4, -0.2) is 67.5 Å². The highest BCUT2D eigenvalue weighted by atomic mass is 32.2. The Hall–Kier alpha value is -3.39. The third kappa shape index (κ3) is 8.00. The van der Waals surface area contributed by atoms with Gasteiger partial charge in [0.25, 0.3) is 5.91 Å². The Morgan fingerprint density at radius 1 is 1.11 bits per heavy atom. The van der Waals surface area contributed by atoms with Gasteiger partial charge in [-0.3, -0.25) is 19.8 Å². The molecule has 1 aromatic heterocycles. The molecule has 0 spiro atoms. The van der Waals surface area contributed by atoms with Gasteiger partial charge in [0.2, 0.25) is 5.91 Å². The number of β-lactam (4-membered cyclic amide) rings is 1. The Labute approximate surface area is 267 Å². The van der Waals surface area contributed by atoms with E-state index in [0.29, 0.717) is 23.6 Å². The van der Waals surface area contributed by atoms with Gasteiger partial charge in [-0.1, -0.05) is 51.6 Å². The molecule has 2 aliphatic rings. The average molecular weight is 658 g/mol. The maximum atomic E-state index is 13.1. The highest BCUT2D eigenvalue weighted by Crippen LogP contribution is 2.41. The lowest BCUT2D eigenvalue weighted by Crippen LogP contribution is -2.70. The van der Waals surface area contributed by atoms with E-state index >= 15 is 0 Å². The van der Waals surface area contributed by atoms with Crippen molar-refractivity contribution in [3.05, 3.63) is 76.1 Å². The average Bonchev–Trinajstić information content (AvgIpc) is 3.49. The molecule has 0 unspecified atom stereocenters. The summed E-state index contributed by atoms with van der Waals surface area (Å²) < 4.78 is 17.0. The molecule has 1 fully saturated rings. The Bertz CT molecular complexity index is 1420. The summed E-state index contributed by atoms with van der Waals surface area (Å²) in [5, 5.41) is 7.00. The predicted octanol–water partition coefficient (Wildman–Crippen LogP) is 5.44. The van der Waals surface area contributed by atoms with Crippen LogP contribution in [0.15, 0.2) is 65.7 Å². The number of thioether (sulfide) groups is 1. The monoisotopic (exact) mass is 657 g/mol. The summed E-state index contributed by atoms with van der Waals surface area (Å²) in [6.45, 7) is 14.8. The minimum atomic E-state index is -1.89. The van der Waals surface area contributed by atoms with E-state index in [1.165, 1.54) is 34.1 Å². The van der Waals surface area contributed by atoms with Crippen LogP contribution in [0, 0.1) is 0 Å². The zero-order valence-electron chi connectivity index (χ0n) is 25.6. The van der Waals surface area contributed by atoms with Crippen LogP contribution in [0.1, 0.15) is 31.2 Å². The molecule has 2 N–H and O–H groups in total. The van der Waals surface area contributed by atoms with Gasteiger partial charge in [0, 0.05) is 21.9 Å². The number of rotatable bonds is 12. The van der Waals surface area contributed by atoms with Crippen LogP contribution in [0.2, 0.25) is 18.1 Å². The van der Waals surface area contributed by atoms with E-state index in [-0.39, 0.29) is 36.3 Å². The highest BCUT2D eigenvalue weighted by molar-refractivity contribution is 8.00. The fourth-order valence-corrected chi connectivity index (χ4v) is 7.24. The number of amides is 3. The Kier molecular flexibility index (Phi) is 10.8. The molecule has 0 aliphatic carbocycles. The van der Waals surface area contributed by atoms with Crippen molar-refractivity contribution in [2.45, 2.75) is 63.3 Å². The second-order valence-corrected chi connectivity index (χ2v) is 18.9. The second-order valence-electron chi connectivity index (χ2n) is 12.0. The van der Waals surface area contributed by atoms with Crippen molar-refractivity contribution in [3.63, 3.8) is 0 Å². The molecule has 1 aromatic carbocycles. The predicted molar refractivity (Wildman–Crippen MR) is 175 cm³/mol. The summed E-state index contributed by atoms with van der Waals surface area (Å²) in [5.74, 6) is -1.11. The number of carbonyl (C=O) groups is 4. The molecule has 2 atom stereocenters. The molecule has 3 heterocycles. The van der Waals surface area contributed by atoms with Gasteiger partial charge in [-0.05, 0) is 47.3 Å². The first-order chi connectivity index (χ1) is 20.8. The van der Waals surface area contributed by atoms with Crippen LogP contribution < -0.4 is 10.6 Å². The van der Waals surface area contributed by atoms with Crippen LogP contribution in [-0.2, 0) is 41.3 Å². The van der Waals surface area contributed by atoms with Gasteiger partial charge in [-0.25, -0.2) is 9.59 Å². The minimum absolute atomic E-state index is 0.0308. The topological polar surface area (TPSA) is 123 Å². The smallest absolute Gasteiger partial charge is 0.411 e. The van der Waals surface area contributed by atoms with Gasteiger partial charge in [0.15, 0.2) is 8.32 Å².